The van der Waals surface area contributed by atoms with Gasteiger partial charge in [-0.05, 0) is 49.8 Å². The van der Waals surface area contributed by atoms with Crippen molar-refractivity contribution in [3.05, 3.63) is 46.0 Å². The number of rotatable bonds is 10. The summed E-state index contributed by atoms with van der Waals surface area (Å²) in [5.41, 5.74) is 1.98. The molecule has 0 saturated heterocycles. The molecule has 3 rings (SSSR count). The van der Waals surface area contributed by atoms with E-state index in [1.165, 1.54) is 10.1 Å². The van der Waals surface area contributed by atoms with E-state index in [2.05, 4.69) is 25.2 Å². The van der Waals surface area contributed by atoms with Crippen LogP contribution in [-0.4, -0.2) is 33.9 Å². The molecule has 27 heavy (non-hydrogen) atoms. The molecule has 0 atom stereocenters. The molecular formula is C21H31N3O3. The Morgan fingerprint density at radius 1 is 1.22 bits per heavy atom. The average Bonchev–Trinajstić information content (AvgIpc) is 3.23. The molecule has 2 aromatic rings. The summed E-state index contributed by atoms with van der Waals surface area (Å²) >= 11 is 0. The van der Waals surface area contributed by atoms with Crippen LogP contribution in [0.25, 0.3) is 0 Å². The van der Waals surface area contributed by atoms with E-state index in [0.29, 0.717) is 19.1 Å². The van der Waals surface area contributed by atoms with Crippen LogP contribution >= 0.6 is 0 Å². The molecule has 6 nitrogen and oxygen atoms in total. The van der Waals surface area contributed by atoms with E-state index in [9.17, 15) is 9.90 Å². The number of para-hydroxylation sites is 1. The Kier molecular flexibility index (Phi) is 6.61. The smallest absolute Gasteiger partial charge is 0.331 e. The van der Waals surface area contributed by atoms with E-state index in [-0.39, 0.29) is 11.6 Å². The van der Waals surface area contributed by atoms with Crippen LogP contribution in [0.3, 0.4) is 0 Å². The van der Waals surface area contributed by atoms with Crippen LogP contribution in [-0.2, 0) is 19.5 Å². The maximum absolute atomic E-state index is 12.2. The molecule has 1 aromatic heterocycles. The van der Waals surface area contributed by atoms with Gasteiger partial charge in [-0.3, -0.25) is 9.13 Å². The van der Waals surface area contributed by atoms with Gasteiger partial charge in [0.1, 0.15) is 12.4 Å². The lowest BCUT2D eigenvalue weighted by Gasteiger charge is -2.14. The zero-order chi connectivity index (χ0) is 19.2. The van der Waals surface area contributed by atoms with Crippen LogP contribution in [0.5, 0.6) is 11.6 Å². The molecule has 0 radical (unpaired) electrons. The van der Waals surface area contributed by atoms with Gasteiger partial charge in [0.05, 0.1) is 5.69 Å². The van der Waals surface area contributed by atoms with Crippen LogP contribution in [0.2, 0.25) is 0 Å². The molecule has 148 valence electrons. The summed E-state index contributed by atoms with van der Waals surface area (Å²) in [7, 11) is 0. The molecule has 0 bridgehead atoms. The number of fused-ring (bicyclic) bond motifs is 1. The molecule has 0 unspecified atom stereocenters. The number of unbranched alkanes of at least 4 members (excludes halogenated alkanes) is 1. The van der Waals surface area contributed by atoms with E-state index < -0.39 is 0 Å². The summed E-state index contributed by atoms with van der Waals surface area (Å²) < 4.78 is 9.12. The van der Waals surface area contributed by atoms with Crippen molar-refractivity contribution in [1.29, 1.82) is 0 Å². The second-order valence-corrected chi connectivity index (χ2v) is 7.46. The summed E-state index contributed by atoms with van der Waals surface area (Å²) in [6.07, 6.45) is 3.57. The van der Waals surface area contributed by atoms with Crippen LogP contribution < -0.4 is 15.7 Å². The Morgan fingerprint density at radius 3 is 2.81 bits per heavy atom. The number of aromatic hydroxyl groups is 1. The van der Waals surface area contributed by atoms with Crippen molar-refractivity contribution < 1.29 is 9.84 Å². The number of nitrogens with zero attached hydrogens (tertiary/aromatic N) is 2. The number of imidazole rings is 1. The molecule has 6 heteroatoms. The van der Waals surface area contributed by atoms with Crippen LogP contribution in [0.4, 0.5) is 0 Å². The maximum atomic E-state index is 12.2. The topological polar surface area (TPSA) is 68.4 Å². The van der Waals surface area contributed by atoms with Gasteiger partial charge >= 0.3 is 5.69 Å². The summed E-state index contributed by atoms with van der Waals surface area (Å²) in [5.74, 6) is 1.58. The van der Waals surface area contributed by atoms with Crippen molar-refractivity contribution in [1.82, 2.24) is 14.5 Å². The summed E-state index contributed by atoms with van der Waals surface area (Å²) in [5, 5.41) is 13.6. The maximum Gasteiger partial charge on any atom is 0.331 e. The first-order chi connectivity index (χ1) is 13.1. The van der Waals surface area contributed by atoms with Crippen molar-refractivity contribution >= 4 is 0 Å². The van der Waals surface area contributed by atoms with Crippen molar-refractivity contribution in [3.8, 4) is 11.6 Å². The number of hydrogen-bond acceptors (Lipinski definition) is 4. The Bertz CT molecular complexity index is 807. The third kappa shape index (κ3) is 4.56. The lowest BCUT2D eigenvalue weighted by molar-refractivity contribution is 0.309. The highest BCUT2D eigenvalue weighted by molar-refractivity contribution is 5.35. The van der Waals surface area contributed by atoms with Crippen LogP contribution in [0, 0.1) is 0 Å². The molecule has 0 fully saturated rings. The first kappa shape index (κ1) is 19.5. The fraction of sp³-hybridized carbons (Fsp3) is 0.571. The van der Waals surface area contributed by atoms with Crippen molar-refractivity contribution in [2.45, 2.75) is 58.5 Å². The lowest BCUT2D eigenvalue weighted by Crippen LogP contribution is -2.25. The predicted octanol–water partition coefficient (Wildman–Crippen LogP) is 2.87. The fourth-order valence-corrected chi connectivity index (χ4v) is 3.68. The minimum Gasteiger partial charge on any atom is -0.493 e. The third-order valence-electron chi connectivity index (χ3n) is 5.16. The van der Waals surface area contributed by atoms with Gasteiger partial charge in [0.25, 0.3) is 0 Å². The highest BCUT2D eigenvalue weighted by Gasteiger charge is 2.22. The Morgan fingerprint density at radius 2 is 2.04 bits per heavy atom. The molecule has 0 spiro atoms. The van der Waals surface area contributed by atoms with E-state index in [1.54, 1.807) is 4.57 Å². The summed E-state index contributed by atoms with van der Waals surface area (Å²) in [6, 6.07) is 8.19. The van der Waals surface area contributed by atoms with Crippen molar-refractivity contribution in [2.75, 3.05) is 19.7 Å². The number of hydrogen-bond donors (Lipinski definition) is 2. The molecule has 2 N–H and O–H groups in total. The SMILES string of the molecule is CC(C)c1ccccc1OCCNCCCCn1c(O)c2n(c1=O)CCC2. The van der Waals surface area contributed by atoms with Crippen LogP contribution in [0.15, 0.2) is 29.1 Å². The normalized spacial score (nSPS) is 13.3. The molecular weight excluding hydrogens is 342 g/mol. The standard InChI is InChI=1S/C21H31N3O3/c1-16(2)17-8-3-4-10-19(17)27-15-12-22-11-5-6-13-24-20(25)18-9-7-14-23(18)21(24)26/h3-4,8,10,16,22,25H,5-7,9,11-15H2,1-2H3. The molecule has 1 aliphatic heterocycles. The van der Waals surface area contributed by atoms with E-state index in [0.717, 1.165) is 56.8 Å². The van der Waals surface area contributed by atoms with Gasteiger partial charge in [-0.2, -0.15) is 0 Å². The highest BCUT2D eigenvalue weighted by atomic mass is 16.5. The number of ether oxygens (including phenoxy) is 1. The van der Waals surface area contributed by atoms with Gasteiger partial charge in [0.15, 0.2) is 0 Å². The lowest BCUT2D eigenvalue weighted by atomic mass is 10.0. The molecule has 2 heterocycles. The van der Waals surface area contributed by atoms with E-state index in [1.807, 2.05) is 18.2 Å². The first-order valence-electron chi connectivity index (χ1n) is 10.0. The minimum atomic E-state index is -0.0647. The Hall–Kier alpha value is -2.21. The monoisotopic (exact) mass is 373 g/mol. The van der Waals surface area contributed by atoms with Crippen molar-refractivity contribution in [2.24, 2.45) is 0 Å². The number of benzene rings is 1. The number of aromatic nitrogens is 2. The van der Waals surface area contributed by atoms with Gasteiger partial charge in [-0.15, -0.1) is 0 Å². The summed E-state index contributed by atoms with van der Waals surface area (Å²) in [4.78, 5) is 12.2. The largest absolute Gasteiger partial charge is 0.493 e. The van der Waals surface area contributed by atoms with Gasteiger partial charge in [-0.25, -0.2) is 4.79 Å². The molecule has 1 aromatic carbocycles. The van der Waals surface area contributed by atoms with E-state index in [4.69, 9.17) is 4.74 Å². The van der Waals surface area contributed by atoms with E-state index >= 15 is 0 Å². The van der Waals surface area contributed by atoms with Gasteiger partial charge in [-0.1, -0.05) is 32.0 Å². The molecule has 0 saturated carbocycles. The molecule has 0 amide bonds. The molecule has 0 aliphatic carbocycles. The third-order valence-corrected chi connectivity index (χ3v) is 5.16. The molecule has 1 aliphatic rings. The Balaban J connectivity index is 1.33. The zero-order valence-electron chi connectivity index (χ0n) is 16.4. The minimum absolute atomic E-state index is 0.0647. The highest BCUT2D eigenvalue weighted by Crippen LogP contribution is 2.25. The van der Waals surface area contributed by atoms with Gasteiger partial charge in [0.2, 0.25) is 5.88 Å². The summed E-state index contributed by atoms with van der Waals surface area (Å²) in [6.45, 7) is 7.94. The number of nitrogens with one attached hydrogen (secondary N) is 1. The zero-order valence-corrected chi connectivity index (χ0v) is 16.4. The van der Waals surface area contributed by atoms with Gasteiger partial charge in [0, 0.05) is 19.6 Å². The predicted molar refractivity (Wildman–Crippen MR) is 107 cm³/mol. The Labute approximate surface area is 160 Å². The quantitative estimate of drug-likeness (QED) is 0.629. The van der Waals surface area contributed by atoms with Crippen molar-refractivity contribution in [3.63, 3.8) is 0 Å². The second-order valence-electron chi connectivity index (χ2n) is 7.46. The van der Waals surface area contributed by atoms with Gasteiger partial charge < -0.3 is 15.2 Å². The average molecular weight is 373 g/mol. The van der Waals surface area contributed by atoms with Crippen LogP contribution in [0.1, 0.15) is 50.3 Å². The second kappa shape index (κ2) is 9.13. The first-order valence-corrected chi connectivity index (χ1v) is 10.0. The fourth-order valence-electron chi connectivity index (χ4n) is 3.68.